The van der Waals surface area contributed by atoms with Crippen LogP contribution in [-0.2, 0) is 6.54 Å². The van der Waals surface area contributed by atoms with Gasteiger partial charge in [-0.3, -0.25) is 4.79 Å². The molecule has 0 bridgehead atoms. The minimum Gasteiger partial charge on any atom is -0.493 e. The maximum atomic E-state index is 12.4. The van der Waals surface area contributed by atoms with Gasteiger partial charge < -0.3 is 19.2 Å². The van der Waals surface area contributed by atoms with Crippen molar-refractivity contribution >= 4 is 11.6 Å². The van der Waals surface area contributed by atoms with Crippen molar-refractivity contribution < 1.29 is 14.3 Å². The smallest absolute Gasteiger partial charge is 0.271 e. The van der Waals surface area contributed by atoms with Crippen LogP contribution in [0, 0.1) is 6.92 Å². The van der Waals surface area contributed by atoms with E-state index in [0.717, 1.165) is 16.8 Å². The summed E-state index contributed by atoms with van der Waals surface area (Å²) in [5, 5.41) is 2.87. The standard InChI is InChI=1S/C18H19N3O3/c1-12-6-5-9-21-11-14(20-17(12)21)18(22)19-10-13-7-4-8-15(23-2)16(13)24-3/h4-9,11H,10H2,1-3H3,(H,19,22). The molecule has 0 saturated carbocycles. The molecular formula is C18H19N3O3. The number of pyridine rings is 1. The number of amides is 1. The molecule has 1 aromatic carbocycles. The highest BCUT2D eigenvalue weighted by atomic mass is 16.5. The summed E-state index contributed by atoms with van der Waals surface area (Å²) in [7, 11) is 3.16. The molecule has 1 N–H and O–H groups in total. The number of carbonyl (C=O) groups is 1. The molecule has 2 aromatic heterocycles. The normalized spacial score (nSPS) is 10.6. The number of hydrogen-bond acceptors (Lipinski definition) is 4. The number of ether oxygens (including phenoxy) is 2. The van der Waals surface area contributed by atoms with E-state index in [1.165, 1.54) is 0 Å². The third-order valence-corrected chi connectivity index (χ3v) is 3.83. The van der Waals surface area contributed by atoms with E-state index in [-0.39, 0.29) is 5.91 Å². The SMILES string of the molecule is COc1cccc(CNC(=O)c2cn3cccc(C)c3n2)c1OC. The van der Waals surface area contributed by atoms with E-state index in [1.807, 2.05) is 47.9 Å². The molecular weight excluding hydrogens is 306 g/mol. The number of para-hydroxylation sites is 1. The van der Waals surface area contributed by atoms with Crippen LogP contribution in [0.3, 0.4) is 0 Å². The average molecular weight is 325 g/mol. The topological polar surface area (TPSA) is 64.9 Å². The molecule has 0 aliphatic carbocycles. The van der Waals surface area contributed by atoms with Gasteiger partial charge in [0.25, 0.3) is 5.91 Å². The Labute approximate surface area is 140 Å². The fourth-order valence-electron chi connectivity index (χ4n) is 2.62. The minimum atomic E-state index is -0.233. The van der Waals surface area contributed by atoms with E-state index in [9.17, 15) is 4.79 Å². The van der Waals surface area contributed by atoms with Gasteiger partial charge in [0, 0.05) is 24.5 Å². The Morgan fingerprint density at radius 3 is 2.75 bits per heavy atom. The van der Waals surface area contributed by atoms with Gasteiger partial charge in [0.05, 0.1) is 14.2 Å². The molecule has 0 saturated heterocycles. The molecule has 3 rings (SSSR count). The Kier molecular flexibility index (Phi) is 4.37. The highest BCUT2D eigenvalue weighted by Crippen LogP contribution is 2.30. The summed E-state index contributed by atoms with van der Waals surface area (Å²) < 4.78 is 12.5. The van der Waals surface area contributed by atoms with Gasteiger partial charge in [0.15, 0.2) is 11.5 Å². The first-order valence-electron chi connectivity index (χ1n) is 7.56. The van der Waals surface area contributed by atoms with E-state index < -0.39 is 0 Å². The van der Waals surface area contributed by atoms with Crippen LogP contribution in [0.1, 0.15) is 21.6 Å². The molecule has 124 valence electrons. The van der Waals surface area contributed by atoms with Gasteiger partial charge in [0.1, 0.15) is 11.3 Å². The number of hydrogen-bond donors (Lipinski definition) is 1. The van der Waals surface area contributed by atoms with Gasteiger partial charge in [-0.25, -0.2) is 4.98 Å². The van der Waals surface area contributed by atoms with Crippen LogP contribution in [-0.4, -0.2) is 29.5 Å². The number of methoxy groups -OCH3 is 2. The Morgan fingerprint density at radius 1 is 1.21 bits per heavy atom. The second-order valence-electron chi connectivity index (χ2n) is 5.38. The molecule has 6 nitrogen and oxygen atoms in total. The summed E-state index contributed by atoms with van der Waals surface area (Å²) in [5.74, 6) is 1.02. The Morgan fingerprint density at radius 2 is 2.04 bits per heavy atom. The van der Waals surface area contributed by atoms with E-state index in [2.05, 4.69) is 10.3 Å². The van der Waals surface area contributed by atoms with Crippen molar-refractivity contribution in [2.24, 2.45) is 0 Å². The van der Waals surface area contributed by atoms with Crippen LogP contribution in [0.2, 0.25) is 0 Å². The largest absolute Gasteiger partial charge is 0.493 e. The second kappa shape index (κ2) is 6.62. The summed E-state index contributed by atoms with van der Waals surface area (Å²) in [6, 6.07) is 9.44. The van der Waals surface area contributed by atoms with Crippen molar-refractivity contribution in [2.45, 2.75) is 13.5 Å². The summed E-state index contributed by atoms with van der Waals surface area (Å²) in [4.78, 5) is 16.8. The first-order chi connectivity index (χ1) is 11.6. The minimum absolute atomic E-state index is 0.233. The Balaban J connectivity index is 1.79. The van der Waals surface area contributed by atoms with Gasteiger partial charge in [-0.1, -0.05) is 18.2 Å². The number of imidazole rings is 1. The molecule has 6 heteroatoms. The number of rotatable bonds is 5. The van der Waals surface area contributed by atoms with Crippen LogP contribution in [0.25, 0.3) is 5.65 Å². The fraction of sp³-hybridized carbons (Fsp3) is 0.222. The first-order valence-corrected chi connectivity index (χ1v) is 7.56. The number of aromatic nitrogens is 2. The van der Waals surface area contributed by atoms with Crippen LogP contribution in [0.4, 0.5) is 0 Å². The number of nitrogens with one attached hydrogen (secondary N) is 1. The Hall–Kier alpha value is -3.02. The first kappa shape index (κ1) is 15.9. The monoisotopic (exact) mass is 325 g/mol. The summed E-state index contributed by atoms with van der Waals surface area (Å²) in [6.07, 6.45) is 3.59. The number of aryl methyl sites for hydroxylation is 1. The summed E-state index contributed by atoms with van der Waals surface area (Å²) in [6.45, 7) is 2.29. The van der Waals surface area contributed by atoms with Crippen LogP contribution in [0.5, 0.6) is 11.5 Å². The number of nitrogens with zero attached hydrogens (tertiary/aromatic N) is 2. The molecule has 0 aliphatic heterocycles. The van der Waals surface area contributed by atoms with E-state index in [4.69, 9.17) is 9.47 Å². The third kappa shape index (κ3) is 2.90. The molecule has 0 radical (unpaired) electrons. The maximum Gasteiger partial charge on any atom is 0.271 e. The van der Waals surface area contributed by atoms with E-state index in [0.29, 0.717) is 23.7 Å². The lowest BCUT2D eigenvalue weighted by Crippen LogP contribution is -2.23. The predicted octanol–water partition coefficient (Wildman–Crippen LogP) is 2.59. The number of benzene rings is 1. The fourth-order valence-corrected chi connectivity index (χ4v) is 2.62. The summed E-state index contributed by atoms with van der Waals surface area (Å²) in [5.41, 5.74) is 3.02. The van der Waals surface area contributed by atoms with Crippen molar-refractivity contribution in [3.63, 3.8) is 0 Å². The van der Waals surface area contributed by atoms with Crippen molar-refractivity contribution in [1.29, 1.82) is 0 Å². The number of fused-ring (bicyclic) bond motifs is 1. The highest BCUT2D eigenvalue weighted by Gasteiger charge is 2.14. The Bertz CT molecular complexity index is 886. The van der Waals surface area contributed by atoms with Crippen LogP contribution >= 0.6 is 0 Å². The van der Waals surface area contributed by atoms with Gasteiger partial charge in [-0.2, -0.15) is 0 Å². The molecule has 24 heavy (non-hydrogen) atoms. The molecule has 3 aromatic rings. The molecule has 0 atom stereocenters. The lowest BCUT2D eigenvalue weighted by molar-refractivity contribution is 0.0946. The molecule has 0 aliphatic rings. The van der Waals surface area contributed by atoms with E-state index >= 15 is 0 Å². The maximum absolute atomic E-state index is 12.4. The molecule has 0 unspecified atom stereocenters. The zero-order valence-corrected chi connectivity index (χ0v) is 13.9. The van der Waals surface area contributed by atoms with Crippen molar-refractivity contribution in [1.82, 2.24) is 14.7 Å². The quantitative estimate of drug-likeness (QED) is 0.783. The zero-order chi connectivity index (χ0) is 17.1. The summed E-state index contributed by atoms with van der Waals surface area (Å²) >= 11 is 0. The van der Waals surface area contributed by atoms with Gasteiger partial charge in [-0.15, -0.1) is 0 Å². The van der Waals surface area contributed by atoms with Crippen LogP contribution in [0.15, 0.2) is 42.7 Å². The third-order valence-electron chi connectivity index (χ3n) is 3.83. The van der Waals surface area contributed by atoms with Gasteiger partial charge in [0.2, 0.25) is 0 Å². The molecule has 1 amide bonds. The van der Waals surface area contributed by atoms with Gasteiger partial charge >= 0.3 is 0 Å². The van der Waals surface area contributed by atoms with Crippen molar-refractivity contribution in [3.8, 4) is 11.5 Å². The molecule has 0 spiro atoms. The van der Waals surface area contributed by atoms with Crippen LogP contribution < -0.4 is 14.8 Å². The van der Waals surface area contributed by atoms with Gasteiger partial charge in [-0.05, 0) is 24.6 Å². The average Bonchev–Trinajstić information content (AvgIpc) is 3.05. The molecule has 2 heterocycles. The lowest BCUT2D eigenvalue weighted by atomic mass is 10.2. The van der Waals surface area contributed by atoms with E-state index in [1.54, 1.807) is 20.4 Å². The predicted molar refractivity (Wildman–Crippen MR) is 90.6 cm³/mol. The van der Waals surface area contributed by atoms with Crippen molar-refractivity contribution in [2.75, 3.05) is 14.2 Å². The highest BCUT2D eigenvalue weighted by molar-refractivity contribution is 5.93. The van der Waals surface area contributed by atoms with Crippen molar-refractivity contribution in [3.05, 3.63) is 59.5 Å². The lowest BCUT2D eigenvalue weighted by Gasteiger charge is -2.12. The number of carbonyl (C=O) groups excluding carboxylic acids is 1. The molecule has 0 fully saturated rings. The second-order valence-corrected chi connectivity index (χ2v) is 5.38. The zero-order valence-electron chi connectivity index (χ0n) is 13.9.